The summed E-state index contributed by atoms with van der Waals surface area (Å²) in [7, 11) is 0. The minimum atomic E-state index is -0.395. The predicted octanol–water partition coefficient (Wildman–Crippen LogP) is 9.69. The van der Waals surface area contributed by atoms with Crippen molar-refractivity contribution in [2.24, 2.45) is 0 Å². The van der Waals surface area contributed by atoms with E-state index in [1.54, 1.807) is 0 Å². The summed E-state index contributed by atoms with van der Waals surface area (Å²) in [6.45, 7) is 10.1. The Kier molecular flexibility index (Phi) is 8.45. The van der Waals surface area contributed by atoms with Crippen LogP contribution in [-0.2, 0) is 16.0 Å². The smallest absolute Gasteiger partial charge is 0.330 e. The second-order valence-corrected chi connectivity index (χ2v) is 10.5. The Morgan fingerprint density at radius 2 is 1.05 bits per heavy atom. The van der Waals surface area contributed by atoms with E-state index in [2.05, 4.69) is 148 Å². The molecule has 5 rings (SSSR count). The SMILES string of the molecule is C=CC(=O)OCCc1ccc(-c2cc(-c3ccc(C)cc3)cc(N(c3ccc(C)cc3)c3ccc(C)cc3)c2)cc1. The zero-order valence-electron chi connectivity index (χ0n) is 23.9. The fourth-order valence-electron chi connectivity index (χ4n) is 4.85. The number of carbonyl (C=O) groups is 1. The minimum absolute atomic E-state index is 0.333. The quantitative estimate of drug-likeness (QED) is 0.138. The third-order valence-corrected chi connectivity index (χ3v) is 7.23. The highest BCUT2D eigenvalue weighted by atomic mass is 16.5. The molecule has 0 radical (unpaired) electrons. The van der Waals surface area contributed by atoms with Gasteiger partial charge in [-0.2, -0.15) is 0 Å². The molecular weight excluding hydrogens is 502 g/mol. The largest absolute Gasteiger partial charge is 0.462 e. The fraction of sp³-hybridized carbons (Fsp3) is 0.132. The van der Waals surface area contributed by atoms with Gasteiger partial charge in [0.2, 0.25) is 0 Å². The van der Waals surface area contributed by atoms with Crippen LogP contribution in [0.25, 0.3) is 22.3 Å². The molecular formula is C38H35NO2. The molecule has 3 nitrogen and oxygen atoms in total. The zero-order valence-corrected chi connectivity index (χ0v) is 23.9. The number of benzene rings is 5. The summed E-state index contributed by atoms with van der Waals surface area (Å²) in [5.41, 5.74) is 12.7. The number of esters is 1. The highest BCUT2D eigenvalue weighted by molar-refractivity contribution is 5.85. The Hall–Kier alpha value is -4.89. The molecule has 0 aliphatic carbocycles. The van der Waals surface area contributed by atoms with Gasteiger partial charge < -0.3 is 9.64 Å². The first-order valence-corrected chi connectivity index (χ1v) is 13.9. The second-order valence-electron chi connectivity index (χ2n) is 10.5. The van der Waals surface area contributed by atoms with Crippen LogP contribution in [0.15, 0.2) is 128 Å². The molecule has 0 aromatic heterocycles. The molecule has 41 heavy (non-hydrogen) atoms. The molecule has 0 fully saturated rings. The van der Waals surface area contributed by atoms with Crippen molar-refractivity contribution in [3.8, 4) is 22.3 Å². The number of rotatable bonds is 9. The van der Waals surface area contributed by atoms with Gasteiger partial charge in [0.25, 0.3) is 0 Å². The van der Waals surface area contributed by atoms with Crippen molar-refractivity contribution in [2.45, 2.75) is 27.2 Å². The highest BCUT2D eigenvalue weighted by Gasteiger charge is 2.16. The first-order valence-electron chi connectivity index (χ1n) is 13.9. The predicted molar refractivity (Wildman–Crippen MR) is 171 cm³/mol. The highest BCUT2D eigenvalue weighted by Crippen LogP contribution is 2.39. The average molecular weight is 538 g/mol. The van der Waals surface area contributed by atoms with Crippen molar-refractivity contribution >= 4 is 23.0 Å². The van der Waals surface area contributed by atoms with Gasteiger partial charge in [0, 0.05) is 29.6 Å². The molecule has 0 aliphatic rings. The van der Waals surface area contributed by atoms with Crippen molar-refractivity contribution in [3.63, 3.8) is 0 Å². The molecule has 0 N–H and O–H groups in total. The van der Waals surface area contributed by atoms with Crippen LogP contribution in [0.5, 0.6) is 0 Å². The zero-order chi connectivity index (χ0) is 28.8. The maximum Gasteiger partial charge on any atom is 0.330 e. The summed E-state index contributed by atoms with van der Waals surface area (Å²) in [4.78, 5) is 13.7. The van der Waals surface area contributed by atoms with E-state index in [-0.39, 0.29) is 0 Å². The monoisotopic (exact) mass is 537 g/mol. The van der Waals surface area contributed by atoms with Crippen LogP contribution < -0.4 is 4.90 Å². The van der Waals surface area contributed by atoms with Gasteiger partial charge in [-0.05, 0) is 91.1 Å². The molecule has 0 aliphatic heterocycles. The Morgan fingerprint density at radius 3 is 1.51 bits per heavy atom. The normalized spacial score (nSPS) is 10.7. The lowest BCUT2D eigenvalue weighted by molar-refractivity contribution is -0.137. The van der Waals surface area contributed by atoms with E-state index in [1.165, 1.54) is 28.3 Å². The molecule has 0 amide bonds. The van der Waals surface area contributed by atoms with Gasteiger partial charge in [0.05, 0.1) is 6.61 Å². The van der Waals surface area contributed by atoms with E-state index in [0.717, 1.165) is 39.3 Å². The lowest BCUT2D eigenvalue weighted by Gasteiger charge is -2.27. The van der Waals surface area contributed by atoms with Gasteiger partial charge in [0.15, 0.2) is 0 Å². The van der Waals surface area contributed by atoms with Gasteiger partial charge in [0.1, 0.15) is 0 Å². The Labute approximate surface area is 243 Å². The van der Waals surface area contributed by atoms with Crippen molar-refractivity contribution in [1.82, 2.24) is 0 Å². The van der Waals surface area contributed by atoms with E-state index in [4.69, 9.17) is 4.74 Å². The summed E-state index contributed by atoms with van der Waals surface area (Å²) < 4.78 is 5.16. The Balaban J connectivity index is 1.60. The molecule has 3 heteroatoms. The number of ether oxygens (including phenoxy) is 1. The summed E-state index contributed by atoms with van der Waals surface area (Å²) in [5, 5.41) is 0. The third kappa shape index (κ3) is 6.82. The summed E-state index contributed by atoms with van der Waals surface area (Å²) >= 11 is 0. The van der Waals surface area contributed by atoms with Crippen LogP contribution in [0.1, 0.15) is 22.3 Å². The van der Waals surface area contributed by atoms with E-state index in [0.29, 0.717) is 13.0 Å². The number of carbonyl (C=O) groups excluding carboxylic acids is 1. The van der Waals surface area contributed by atoms with E-state index in [9.17, 15) is 4.79 Å². The molecule has 0 saturated carbocycles. The van der Waals surface area contributed by atoms with E-state index >= 15 is 0 Å². The Bertz CT molecular complexity index is 1590. The molecule has 0 atom stereocenters. The van der Waals surface area contributed by atoms with Crippen LogP contribution in [0.4, 0.5) is 17.1 Å². The standard InChI is InChI=1S/C38H35NO2/c1-5-38(40)41-23-22-30-12-16-32(17-13-30)34-24-33(31-14-6-27(2)7-15-31)25-37(26-34)39(35-18-8-28(3)9-19-35)36-20-10-29(4)11-21-36/h5-21,24-26H,1,22-23H2,2-4H3. The van der Waals surface area contributed by atoms with Crippen molar-refractivity contribution in [3.05, 3.63) is 150 Å². The molecule has 5 aromatic rings. The Morgan fingerprint density at radius 1 is 0.610 bits per heavy atom. The number of aryl methyl sites for hydroxylation is 3. The number of hydrogen-bond donors (Lipinski definition) is 0. The van der Waals surface area contributed by atoms with Crippen molar-refractivity contribution < 1.29 is 9.53 Å². The van der Waals surface area contributed by atoms with Crippen molar-refractivity contribution in [2.75, 3.05) is 11.5 Å². The molecule has 0 unspecified atom stereocenters. The van der Waals surface area contributed by atoms with Gasteiger partial charge in [-0.25, -0.2) is 4.79 Å². The fourth-order valence-corrected chi connectivity index (χ4v) is 4.85. The maximum atomic E-state index is 11.4. The van der Waals surface area contributed by atoms with E-state index < -0.39 is 5.97 Å². The average Bonchev–Trinajstić information content (AvgIpc) is 3.00. The number of anilines is 3. The van der Waals surface area contributed by atoms with Crippen LogP contribution in [0.2, 0.25) is 0 Å². The topological polar surface area (TPSA) is 29.5 Å². The molecule has 0 heterocycles. The van der Waals surface area contributed by atoms with Crippen LogP contribution in [-0.4, -0.2) is 12.6 Å². The van der Waals surface area contributed by atoms with Gasteiger partial charge in [-0.3, -0.25) is 0 Å². The summed E-state index contributed by atoms with van der Waals surface area (Å²) in [5.74, 6) is -0.395. The lowest BCUT2D eigenvalue weighted by Crippen LogP contribution is -2.10. The number of hydrogen-bond acceptors (Lipinski definition) is 3. The minimum Gasteiger partial charge on any atom is -0.462 e. The summed E-state index contributed by atoms with van der Waals surface area (Å²) in [6, 6.07) is 41.4. The van der Waals surface area contributed by atoms with Gasteiger partial charge >= 0.3 is 5.97 Å². The molecule has 5 aromatic carbocycles. The van der Waals surface area contributed by atoms with Gasteiger partial charge in [-0.15, -0.1) is 0 Å². The number of nitrogens with zero attached hydrogens (tertiary/aromatic N) is 1. The summed E-state index contributed by atoms with van der Waals surface area (Å²) in [6.07, 6.45) is 1.85. The second kappa shape index (κ2) is 12.5. The van der Waals surface area contributed by atoms with Crippen molar-refractivity contribution in [1.29, 1.82) is 0 Å². The van der Waals surface area contributed by atoms with Crippen LogP contribution in [0.3, 0.4) is 0 Å². The van der Waals surface area contributed by atoms with Crippen LogP contribution in [0, 0.1) is 20.8 Å². The first kappa shape index (κ1) is 27.7. The van der Waals surface area contributed by atoms with Crippen LogP contribution >= 0.6 is 0 Å². The molecule has 0 spiro atoms. The molecule has 0 bridgehead atoms. The maximum absolute atomic E-state index is 11.4. The van der Waals surface area contributed by atoms with Gasteiger partial charge in [-0.1, -0.05) is 96.1 Å². The lowest BCUT2D eigenvalue weighted by atomic mass is 9.96. The molecule has 204 valence electrons. The first-order chi connectivity index (χ1) is 19.9. The third-order valence-electron chi connectivity index (χ3n) is 7.23. The molecule has 0 saturated heterocycles. The van der Waals surface area contributed by atoms with E-state index in [1.807, 2.05) is 0 Å².